The number of nitrogens with zero attached hydrogens (tertiary/aromatic N) is 2. The minimum absolute atomic E-state index is 0.0887. The van der Waals surface area contributed by atoms with E-state index in [0.29, 0.717) is 36.4 Å². The van der Waals surface area contributed by atoms with Crippen LogP contribution < -0.4 is 16.4 Å². The molecule has 3 atom stereocenters. The molecule has 1 aromatic heterocycles. The van der Waals surface area contributed by atoms with E-state index in [1.165, 1.54) is 0 Å². The number of carbonyl (C=O) groups excluding carboxylic acids is 3. The molecule has 1 aromatic carbocycles. The zero-order chi connectivity index (χ0) is 26.4. The van der Waals surface area contributed by atoms with Crippen molar-refractivity contribution in [1.82, 2.24) is 20.4 Å². The zero-order valence-corrected chi connectivity index (χ0v) is 22.0. The van der Waals surface area contributed by atoms with Crippen LogP contribution in [-0.4, -0.2) is 39.5 Å². The van der Waals surface area contributed by atoms with Gasteiger partial charge in [0.2, 0.25) is 11.7 Å². The topological polar surface area (TPSA) is 123 Å². The van der Waals surface area contributed by atoms with Crippen LogP contribution in [0.25, 0.3) is 0 Å². The van der Waals surface area contributed by atoms with Gasteiger partial charge in [-0.2, -0.15) is 4.68 Å². The maximum Gasteiger partial charge on any atom is 0.437 e. The monoisotopic (exact) mass is 518 g/mol. The van der Waals surface area contributed by atoms with Crippen molar-refractivity contribution in [1.29, 1.82) is 0 Å². The molecule has 0 saturated heterocycles. The molecular formula is C26H35ClN4O5. The van der Waals surface area contributed by atoms with Gasteiger partial charge in [0.1, 0.15) is 0 Å². The Morgan fingerprint density at radius 1 is 1.11 bits per heavy atom. The van der Waals surface area contributed by atoms with Gasteiger partial charge in [0, 0.05) is 6.04 Å². The van der Waals surface area contributed by atoms with E-state index in [-0.39, 0.29) is 35.6 Å². The first kappa shape index (κ1) is 27.6. The fourth-order valence-electron chi connectivity index (χ4n) is 4.51. The lowest BCUT2D eigenvalue weighted by atomic mass is 9.83. The maximum absolute atomic E-state index is 13.4. The molecule has 0 spiro atoms. The van der Waals surface area contributed by atoms with Crippen molar-refractivity contribution in [3.05, 3.63) is 51.3 Å². The van der Waals surface area contributed by atoms with E-state index in [2.05, 4.69) is 15.7 Å². The second-order valence-corrected chi connectivity index (χ2v) is 10.7. The normalized spacial score (nSPS) is 18.8. The third-order valence-corrected chi connectivity index (χ3v) is 6.56. The SMILES string of the molecule is CC(C)C[C@H](NC(=O)[C@@H]1CCCC[C@@H]1NC(=O)c1ccccc1Cl)C(=O)c1nn(CC(C)C)c(=O)o1. The van der Waals surface area contributed by atoms with Crippen molar-refractivity contribution in [3.63, 3.8) is 0 Å². The van der Waals surface area contributed by atoms with Crippen LogP contribution in [0.15, 0.2) is 33.5 Å². The Labute approximate surface area is 216 Å². The lowest BCUT2D eigenvalue weighted by Crippen LogP contribution is -2.52. The van der Waals surface area contributed by atoms with Crippen LogP contribution in [0.1, 0.15) is 80.8 Å². The van der Waals surface area contributed by atoms with Crippen molar-refractivity contribution in [2.75, 3.05) is 0 Å². The lowest BCUT2D eigenvalue weighted by Gasteiger charge is -2.32. The summed E-state index contributed by atoms with van der Waals surface area (Å²) in [5.74, 6) is -2.46. The van der Waals surface area contributed by atoms with Crippen molar-refractivity contribution in [2.45, 2.75) is 78.4 Å². The predicted octanol–water partition coefficient (Wildman–Crippen LogP) is 3.85. The lowest BCUT2D eigenvalue weighted by molar-refractivity contribution is -0.127. The molecule has 1 fully saturated rings. The third-order valence-electron chi connectivity index (χ3n) is 6.23. The fraction of sp³-hybridized carbons (Fsp3) is 0.577. The number of aromatic nitrogens is 2. The Kier molecular flexibility index (Phi) is 9.48. The van der Waals surface area contributed by atoms with Gasteiger partial charge in [-0.05, 0) is 43.2 Å². The molecule has 3 rings (SSSR count). The Bertz CT molecular complexity index is 1140. The number of benzene rings is 1. The average molecular weight is 519 g/mol. The second kappa shape index (κ2) is 12.3. The molecule has 2 aromatic rings. The van der Waals surface area contributed by atoms with E-state index >= 15 is 0 Å². The summed E-state index contributed by atoms with van der Waals surface area (Å²) < 4.78 is 6.26. The fourth-order valence-corrected chi connectivity index (χ4v) is 4.73. The zero-order valence-electron chi connectivity index (χ0n) is 21.3. The van der Waals surface area contributed by atoms with Gasteiger partial charge in [-0.25, -0.2) is 4.79 Å². The van der Waals surface area contributed by atoms with Gasteiger partial charge >= 0.3 is 5.76 Å². The molecule has 1 aliphatic carbocycles. The van der Waals surface area contributed by atoms with E-state index < -0.39 is 23.5 Å². The van der Waals surface area contributed by atoms with Crippen molar-refractivity contribution in [2.24, 2.45) is 17.8 Å². The van der Waals surface area contributed by atoms with Crippen molar-refractivity contribution >= 4 is 29.2 Å². The number of halogens is 1. The molecule has 0 bridgehead atoms. The smallest absolute Gasteiger partial charge is 0.384 e. The number of nitrogens with one attached hydrogen (secondary N) is 2. The van der Waals surface area contributed by atoms with Crippen molar-refractivity contribution < 1.29 is 18.8 Å². The van der Waals surface area contributed by atoms with Crippen LogP contribution in [0.4, 0.5) is 0 Å². The van der Waals surface area contributed by atoms with Gasteiger partial charge in [0.25, 0.3) is 11.8 Å². The summed E-state index contributed by atoms with van der Waals surface area (Å²) in [4.78, 5) is 51.6. The van der Waals surface area contributed by atoms with E-state index in [0.717, 1.165) is 17.5 Å². The first-order valence-electron chi connectivity index (χ1n) is 12.5. The summed E-state index contributed by atoms with van der Waals surface area (Å²) in [7, 11) is 0. The van der Waals surface area contributed by atoms with E-state index in [1.54, 1.807) is 24.3 Å². The Morgan fingerprint density at radius 3 is 2.47 bits per heavy atom. The van der Waals surface area contributed by atoms with Crippen LogP contribution in [0.5, 0.6) is 0 Å². The van der Waals surface area contributed by atoms with Crippen LogP contribution in [-0.2, 0) is 11.3 Å². The highest BCUT2D eigenvalue weighted by atomic mass is 35.5. The maximum atomic E-state index is 13.4. The second-order valence-electron chi connectivity index (χ2n) is 10.3. The molecule has 10 heteroatoms. The van der Waals surface area contributed by atoms with Gasteiger partial charge in [-0.1, -0.05) is 64.3 Å². The summed E-state index contributed by atoms with van der Waals surface area (Å²) >= 11 is 6.17. The Morgan fingerprint density at radius 2 is 1.81 bits per heavy atom. The number of amides is 2. The summed E-state index contributed by atoms with van der Waals surface area (Å²) in [6.45, 7) is 8.05. The van der Waals surface area contributed by atoms with Gasteiger partial charge in [0.05, 0.1) is 29.1 Å². The number of rotatable bonds is 10. The van der Waals surface area contributed by atoms with Crippen molar-refractivity contribution in [3.8, 4) is 0 Å². The molecule has 36 heavy (non-hydrogen) atoms. The minimum Gasteiger partial charge on any atom is -0.384 e. The average Bonchev–Trinajstić information content (AvgIpc) is 3.17. The molecule has 9 nitrogen and oxygen atoms in total. The van der Waals surface area contributed by atoms with Gasteiger partial charge < -0.3 is 15.1 Å². The molecule has 2 amide bonds. The molecule has 1 heterocycles. The number of Topliss-reactive ketones (excluding diaryl/α,β-unsaturated/α-hetero) is 1. The number of carbonyl (C=O) groups is 3. The largest absolute Gasteiger partial charge is 0.437 e. The number of hydrogen-bond acceptors (Lipinski definition) is 6. The quantitative estimate of drug-likeness (QED) is 0.460. The summed E-state index contributed by atoms with van der Waals surface area (Å²) in [6.07, 6.45) is 3.30. The molecule has 2 N–H and O–H groups in total. The van der Waals surface area contributed by atoms with Crippen LogP contribution in [0.2, 0.25) is 5.02 Å². The predicted molar refractivity (Wildman–Crippen MR) is 136 cm³/mol. The van der Waals surface area contributed by atoms with E-state index in [9.17, 15) is 19.2 Å². The number of ketones is 1. The summed E-state index contributed by atoms with van der Waals surface area (Å²) in [5.41, 5.74) is 0.351. The van der Waals surface area contributed by atoms with Crippen LogP contribution in [0, 0.1) is 17.8 Å². The highest BCUT2D eigenvalue weighted by Crippen LogP contribution is 2.26. The summed E-state index contributed by atoms with van der Waals surface area (Å²) in [6, 6.07) is 5.47. The summed E-state index contributed by atoms with van der Waals surface area (Å²) in [5, 5.41) is 10.2. The van der Waals surface area contributed by atoms with E-state index in [1.807, 2.05) is 27.7 Å². The first-order chi connectivity index (χ1) is 17.1. The van der Waals surface area contributed by atoms with Gasteiger partial charge in [-0.15, -0.1) is 5.10 Å². The van der Waals surface area contributed by atoms with Crippen LogP contribution in [0.3, 0.4) is 0 Å². The van der Waals surface area contributed by atoms with Crippen LogP contribution >= 0.6 is 11.6 Å². The molecule has 196 valence electrons. The molecule has 0 aliphatic heterocycles. The van der Waals surface area contributed by atoms with E-state index in [4.69, 9.17) is 16.0 Å². The molecule has 0 unspecified atom stereocenters. The van der Waals surface area contributed by atoms with Gasteiger partial charge in [-0.3, -0.25) is 14.4 Å². The highest BCUT2D eigenvalue weighted by Gasteiger charge is 2.36. The Balaban J connectivity index is 1.75. The number of hydrogen-bond donors (Lipinski definition) is 2. The third kappa shape index (κ3) is 7.06. The molecule has 0 radical (unpaired) electrons. The highest BCUT2D eigenvalue weighted by molar-refractivity contribution is 6.33. The first-order valence-corrected chi connectivity index (χ1v) is 12.9. The van der Waals surface area contributed by atoms with Gasteiger partial charge in [0.15, 0.2) is 0 Å². The minimum atomic E-state index is -0.898. The molecular weight excluding hydrogens is 484 g/mol. The molecule has 1 saturated carbocycles. The Hall–Kier alpha value is -2.94. The standard InChI is InChI=1S/C26H35ClN4O5/c1-15(2)13-21(22(32)25-30-31(14-16(3)4)26(35)36-25)29-24(34)18-10-6-8-12-20(18)28-23(33)17-9-5-7-11-19(17)27/h5,7,9,11,15-16,18,20-21H,6,8,10,12-14H2,1-4H3,(H,28,33)(H,29,34)/t18-,20+,21+/m1/s1. The molecule has 1 aliphatic rings.